The van der Waals surface area contributed by atoms with Crippen LogP contribution in [0.25, 0.3) is 37.0 Å². The van der Waals surface area contributed by atoms with E-state index in [0.717, 1.165) is 42.1 Å². The van der Waals surface area contributed by atoms with Gasteiger partial charge < -0.3 is 14.5 Å². The molecule has 0 radical (unpaired) electrons. The summed E-state index contributed by atoms with van der Waals surface area (Å²) in [6.45, 7) is 0. The van der Waals surface area contributed by atoms with Crippen LogP contribution in [0, 0.1) is 0 Å². The number of nitrogens with zero attached hydrogens (tertiary/aromatic N) is 6. The third-order valence-corrected chi connectivity index (χ3v) is 6.11. The van der Waals surface area contributed by atoms with E-state index in [1.165, 1.54) is 0 Å². The molecule has 0 fully saturated rings. The highest BCUT2D eigenvalue weighted by Gasteiger charge is 2.17. The van der Waals surface area contributed by atoms with Gasteiger partial charge in [0.1, 0.15) is 10.7 Å². The highest BCUT2D eigenvalue weighted by molar-refractivity contribution is 7.29. The van der Waals surface area contributed by atoms with Crippen molar-refractivity contribution < 1.29 is 0 Å². The first kappa shape index (κ1) is 14.6. The second-order valence-corrected chi connectivity index (χ2v) is 7.68. The minimum atomic E-state index is 0.852. The number of anilines is 1. The standard InChI is InChI=1S/C16H13N7S2/c1-22(2)16-21-15-14(25-16)20-13(24-15)12-11-9(3-4-18-11)10(7-19-12)23-6-5-17-8-23/h3-8,18H,1-2H3. The maximum Gasteiger partial charge on any atom is 0.188 e. The molecule has 124 valence electrons. The first-order valence-electron chi connectivity index (χ1n) is 7.60. The van der Waals surface area contributed by atoms with Crippen molar-refractivity contribution in [1.82, 2.24) is 29.5 Å². The number of aromatic amines is 1. The number of hydrogen-bond acceptors (Lipinski definition) is 7. The molecule has 5 aromatic rings. The highest BCUT2D eigenvalue weighted by Crippen LogP contribution is 2.37. The normalized spacial score (nSPS) is 11.6. The Morgan fingerprint density at radius 2 is 2.04 bits per heavy atom. The van der Waals surface area contributed by atoms with E-state index in [1.54, 1.807) is 35.2 Å². The van der Waals surface area contributed by atoms with Crippen LogP contribution in [0.1, 0.15) is 0 Å². The average molecular weight is 367 g/mol. The molecule has 0 unspecified atom stereocenters. The molecule has 25 heavy (non-hydrogen) atoms. The Morgan fingerprint density at radius 3 is 2.80 bits per heavy atom. The van der Waals surface area contributed by atoms with Crippen molar-refractivity contribution in [3.05, 3.63) is 37.2 Å². The second-order valence-electron chi connectivity index (χ2n) is 5.75. The summed E-state index contributed by atoms with van der Waals surface area (Å²) in [5, 5.41) is 2.93. The van der Waals surface area contributed by atoms with Crippen molar-refractivity contribution in [2.45, 2.75) is 0 Å². The molecule has 5 heterocycles. The zero-order valence-corrected chi connectivity index (χ0v) is 15.1. The van der Waals surface area contributed by atoms with Crippen LogP contribution < -0.4 is 4.90 Å². The molecule has 1 N–H and O–H groups in total. The molecule has 0 aliphatic carbocycles. The average Bonchev–Trinajstić information content (AvgIpc) is 3.34. The zero-order chi connectivity index (χ0) is 17.0. The van der Waals surface area contributed by atoms with Crippen LogP contribution in [-0.2, 0) is 0 Å². The third kappa shape index (κ3) is 2.24. The fourth-order valence-corrected chi connectivity index (χ4v) is 4.70. The molecule has 0 saturated heterocycles. The molecular weight excluding hydrogens is 354 g/mol. The number of pyridine rings is 1. The minimum absolute atomic E-state index is 0.852. The van der Waals surface area contributed by atoms with Crippen LogP contribution in [0.5, 0.6) is 0 Å². The molecule has 0 amide bonds. The molecule has 7 nitrogen and oxygen atoms in total. The van der Waals surface area contributed by atoms with Crippen LogP contribution in [0.4, 0.5) is 5.13 Å². The summed E-state index contributed by atoms with van der Waals surface area (Å²) in [5.41, 5.74) is 2.81. The maximum absolute atomic E-state index is 4.75. The Kier molecular flexibility index (Phi) is 3.12. The van der Waals surface area contributed by atoms with Gasteiger partial charge in [0.25, 0.3) is 0 Å². The molecule has 0 saturated carbocycles. The molecule has 9 heteroatoms. The molecule has 0 bridgehead atoms. The van der Waals surface area contributed by atoms with E-state index in [-0.39, 0.29) is 0 Å². The maximum atomic E-state index is 4.75. The fraction of sp³-hybridized carbons (Fsp3) is 0.125. The smallest absolute Gasteiger partial charge is 0.188 e. The number of hydrogen-bond donors (Lipinski definition) is 1. The Morgan fingerprint density at radius 1 is 1.16 bits per heavy atom. The van der Waals surface area contributed by atoms with Crippen molar-refractivity contribution in [2.24, 2.45) is 0 Å². The molecule has 0 aromatic carbocycles. The van der Waals surface area contributed by atoms with Gasteiger partial charge >= 0.3 is 0 Å². The Bertz CT molecular complexity index is 1150. The van der Waals surface area contributed by atoms with Crippen molar-refractivity contribution in [3.8, 4) is 16.4 Å². The van der Waals surface area contributed by atoms with Crippen LogP contribution in [0.3, 0.4) is 0 Å². The van der Waals surface area contributed by atoms with Gasteiger partial charge in [-0.2, -0.15) is 0 Å². The molecule has 5 aromatic heterocycles. The number of thiazole rings is 2. The Labute approximate surface area is 150 Å². The molecule has 0 spiro atoms. The lowest BCUT2D eigenvalue weighted by Gasteiger charge is -2.06. The summed E-state index contributed by atoms with van der Waals surface area (Å²) in [6.07, 6.45) is 9.23. The van der Waals surface area contributed by atoms with Crippen LogP contribution in [0.2, 0.25) is 0 Å². The zero-order valence-electron chi connectivity index (χ0n) is 13.5. The van der Waals surface area contributed by atoms with Gasteiger partial charge in [-0.25, -0.2) is 19.9 Å². The van der Waals surface area contributed by atoms with Crippen LogP contribution in [0.15, 0.2) is 37.2 Å². The van der Waals surface area contributed by atoms with Gasteiger partial charge in [-0.15, -0.1) is 0 Å². The van der Waals surface area contributed by atoms with Crippen LogP contribution in [-0.4, -0.2) is 43.6 Å². The van der Waals surface area contributed by atoms with E-state index in [0.29, 0.717) is 0 Å². The number of rotatable bonds is 3. The van der Waals surface area contributed by atoms with Crippen molar-refractivity contribution in [3.63, 3.8) is 0 Å². The van der Waals surface area contributed by atoms with E-state index in [2.05, 4.69) is 19.9 Å². The summed E-state index contributed by atoms with van der Waals surface area (Å²) >= 11 is 3.16. The van der Waals surface area contributed by atoms with Gasteiger partial charge in [0.2, 0.25) is 0 Å². The third-order valence-electron chi connectivity index (χ3n) is 3.91. The van der Waals surface area contributed by atoms with E-state index in [9.17, 15) is 0 Å². The number of nitrogens with one attached hydrogen (secondary N) is 1. The summed E-state index contributed by atoms with van der Waals surface area (Å²) in [7, 11) is 3.98. The highest BCUT2D eigenvalue weighted by atomic mass is 32.1. The molecule has 0 atom stereocenters. The van der Waals surface area contributed by atoms with Gasteiger partial charge in [0, 0.05) is 38.1 Å². The van der Waals surface area contributed by atoms with Gasteiger partial charge in [0.05, 0.1) is 23.7 Å². The SMILES string of the molecule is CN(C)c1nc2sc(-c3ncc(-n4ccnc4)c4cc[nH]c34)nc2s1. The second kappa shape index (κ2) is 5.36. The molecule has 0 aliphatic heterocycles. The quantitative estimate of drug-likeness (QED) is 0.528. The van der Waals surface area contributed by atoms with Crippen molar-refractivity contribution in [2.75, 3.05) is 19.0 Å². The lowest BCUT2D eigenvalue weighted by Crippen LogP contribution is -2.07. The van der Waals surface area contributed by atoms with E-state index < -0.39 is 0 Å². The van der Waals surface area contributed by atoms with E-state index >= 15 is 0 Å². The predicted molar refractivity (Wildman–Crippen MR) is 102 cm³/mol. The largest absolute Gasteiger partial charge is 0.359 e. The summed E-state index contributed by atoms with van der Waals surface area (Å²) in [4.78, 5) is 25.4. The minimum Gasteiger partial charge on any atom is -0.359 e. The monoisotopic (exact) mass is 367 g/mol. The molecular formula is C16H13N7S2. The molecule has 5 rings (SSSR count). The van der Waals surface area contributed by atoms with Crippen LogP contribution >= 0.6 is 22.7 Å². The Hall–Kier alpha value is -2.78. The number of H-pyrrole nitrogens is 1. The summed E-state index contributed by atoms with van der Waals surface area (Å²) in [6, 6.07) is 2.05. The number of aromatic nitrogens is 6. The van der Waals surface area contributed by atoms with Crippen molar-refractivity contribution >= 4 is 48.4 Å². The first-order chi connectivity index (χ1) is 12.2. The van der Waals surface area contributed by atoms with Gasteiger partial charge in [-0.1, -0.05) is 22.7 Å². The summed E-state index contributed by atoms with van der Waals surface area (Å²) < 4.78 is 1.96. The number of imidazole rings is 1. The lowest BCUT2D eigenvalue weighted by molar-refractivity contribution is 1.05. The predicted octanol–water partition coefficient (Wildman–Crippen LogP) is 3.55. The van der Waals surface area contributed by atoms with Crippen molar-refractivity contribution in [1.29, 1.82) is 0 Å². The van der Waals surface area contributed by atoms with Gasteiger partial charge in [-0.05, 0) is 6.07 Å². The Balaban J connectivity index is 1.67. The first-order valence-corrected chi connectivity index (χ1v) is 9.23. The fourth-order valence-electron chi connectivity index (χ4n) is 2.73. The molecule has 0 aliphatic rings. The van der Waals surface area contributed by atoms with E-state index in [1.807, 2.05) is 48.2 Å². The number of fused-ring (bicyclic) bond motifs is 2. The lowest BCUT2D eigenvalue weighted by atomic mass is 10.2. The van der Waals surface area contributed by atoms with E-state index in [4.69, 9.17) is 4.98 Å². The summed E-state index contributed by atoms with van der Waals surface area (Å²) in [5.74, 6) is 0. The van der Waals surface area contributed by atoms with Gasteiger partial charge in [-0.3, -0.25) is 0 Å². The topological polar surface area (TPSA) is 75.5 Å². The van der Waals surface area contributed by atoms with Gasteiger partial charge in [0.15, 0.2) is 14.8 Å².